The highest BCUT2D eigenvalue weighted by Gasteiger charge is 2.30. The van der Waals surface area contributed by atoms with Crippen molar-refractivity contribution in [3.8, 4) is 5.75 Å². The van der Waals surface area contributed by atoms with E-state index in [1.165, 1.54) is 14.7 Å². The Labute approximate surface area is 112 Å². The highest BCUT2D eigenvalue weighted by Crippen LogP contribution is 2.20. The van der Waals surface area contributed by atoms with Gasteiger partial charge < -0.3 is 9.64 Å². The molecular weight excluding hydrogens is 246 g/mol. The minimum absolute atomic E-state index is 0.0449. The van der Waals surface area contributed by atoms with Crippen molar-refractivity contribution < 1.29 is 14.3 Å². The number of likely N-dealkylation sites (N-methyl/N-ethyl adjacent to an activating group) is 1. The second-order valence-corrected chi connectivity index (χ2v) is 4.47. The zero-order valence-electron chi connectivity index (χ0n) is 11.3. The maximum absolute atomic E-state index is 12.2. The lowest BCUT2D eigenvalue weighted by Gasteiger charge is -2.23. The summed E-state index contributed by atoms with van der Waals surface area (Å²) in [5.74, 6) is 0.692. The van der Waals surface area contributed by atoms with Crippen LogP contribution in [0.5, 0.6) is 5.75 Å². The number of hydrogen-bond acceptors (Lipinski definition) is 3. The fourth-order valence-corrected chi connectivity index (χ4v) is 1.93. The third-order valence-electron chi connectivity index (χ3n) is 3.15. The van der Waals surface area contributed by atoms with E-state index in [0.29, 0.717) is 6.67 Å². The van der Waals surface area contributed by atoms with E-state index in [1.54, 1.807) is 45.5 Å². The van der Waals surface area contributed by atoms with Crippen LogP contribution in [0.2, 0.25) is 0 Å². The standard InChI is InChI=1S/C13H17N3O3/c1-14-9-16(8-12(14)17)13(18)15(2)10-4-6-11(19-3)7-5-10/h4-7H,8-9H2,1-3H3. The third kappa shape index (κ3) is 2.62. The van der Waals surface area contributed by atoms with Gasteiger partial charge in [-0.15, -0.1) is 0 Å². The number of benzene rings is 1. The van der Waals surface area contributed by atoms with E-state index in [0.717, 1.165) is 11.4 Å². The second kappa shape index (κ2) is 5.17. The Morgan fingerprint density at radius 3 is 2.42 bits per heavy atom. The summed E-state index contributed by atoms with van der Waals surface area (Å²) in [6.45, 7) is 0.466. The van der Waals surface area contributed by atoms with Crippen molar-refractivity contribution in [3.05, 3.63) is 24.3 Å². The van der Waals surface area contributed by atoms with Crippen LogP contribution < -0.4 is 9.64 Å². The van der Waals surface area contributed by atoms with Crippen LogP contribution in [0, 0.1) is 0 Å². The van der Waals surface area contributed by atoms with Crippen molar-refractivity contribution in [1.82, 2.24) is 9.80 Å². The SMILES string of the molecule is COc1ccc(N(C)C(=O)N2CC(=O)N(C)C2)cc1. The van der Waals surface area contributed by atoms with Gasteiger partial charge in [-0.1, -0.05) is 0 Å². The van der Waals surface area contributed by atoms with Crippen molar-refractivity contribution in [1.29, 1.82) is 0 Å². The molecule has 6 nitrogen and oxygen atoms in total. The van der Waals surface area contributed by atoms with Gasteiger partial charge in [-0.2, -0.15) is 0 Å². The maximum Gasteiger partial charge on any atom is 0.326 e. The summed E-state index contributed by atoms with van der Waals surface area (Å²) in [6, 6.07) is 7.00. The Hall–Kier alpha value is -2.24. The fourth-order valence-electron chi connectivity index (χ4n) is 1.93. The molecule has 0 atom stereocenters. The lowest BCUT2D eigenvalue weighted by Crippen LogP contribution is -2.40. The number of carbonyl (C=O) groups is 2. The molecule has 1 aliphatic rings. The van der Waals surface area contributed by atoms with Gasteiger partial charge in [0.1, 0.15) is 12.3 Å². The van der Waals surface area contributed by atoms with Crippen LogP contribution in [-0.4, -0.2) is 56.2 Å². The molecule has 0 radical (unpaired) electrons. The first-order chi connectivity index (χ1) is 9.02. The maximum atomic E-state index is 12.2. The van der Waals surface area contributed by atoms with Crippen LogP contribution in [0.25, 0.3) is 0 Å². The highest BCUT2D eigenvalue weighted by atomic mass is 16.5. The Morgan fingerprint density at radius 2 is 1.95 bits per heavy atom. The fraction of sp³-hybridized carbons (Fsp3) is 0.385. The molecular formula is C13H17N3O3. The first-order valence-corrected chi connectivity index (χ1v) is 5.93. The van der Waals surface area contributed by atoms with E-state index in [9.17, 15) is 9.59 Å². The first-order valence-electron chi connectivity index (χ1n) is 5.93. The summed E-state index contributed by atoms with van der Waals surface area (Å²) >= 11 is 0. The molecule has 19 heavy (non-hydrogen) atoms. The van der Waals surface area contributed by atoms with Gasteiger partial charge in [0, 0.05) is 19.8 Å². The third-order valence-corrected chi connectivity index (χ3v) is 3.15. The van der Waals surface area contributed by atoms with Gasteiger partial charge in [-0.25, -0.2) is 4.79 Å². The van der Waals surface area contributed by atoms with Gasteiger partial charge in [0.25, 0.3) is 0 Å². The van der Waals surface area contributed by atoms with Crippen LogP contribution >= 0.6 is 0 Å². The molecule has 3 amide bonds. The van der Waals surface area contributed by atoms with Crippen molar-refractivity contribution >= 4 is 17.6 Å². The summed E-state index contributed by atoms with van der Waals surface area (Å²) in [5, 5.41) is 0. The lowest BCUT2D eigenvalue weighted by molar-refractivity contribution is -0.125. The van der Waals surface area contributed by atoms with E-state index in [-0.39, 0.29) is 18.5 Å². The van der Waals surface area contributed by atoms with Gasteiger partial charge >= 0.3 is 6.03 Å². The topological polar surface area (TPSA) is 53.1 Å². The number of urea groups is 1. The highest BCUT2D eigenvalue weighted by molar-refractivity contribution is 5.95. The van der Waals surface area contributed by atoms with Gasteiger partial charge in [-0.05, 0) is 24.3 Å². The van der Waals surface area contributed by atoms with E-state index in [2.05, 4.69) is 0 Å². The number of methoxy groups -OCH3 is 1. The largest absolute Gasteiger partial charge is 0.497 e. The van der Waals surface area contributed by atoms with Crippen LogP contribution in [0.4, 0.5) is 10.5 Å². The molecule has 0 aliphatic carbocycles. The summed E-state index contributed by atoms with van der Waals surface area (Å²) in [4.78, 5) is 28.2. The summed E-state index contributed by atoms with van der Waals surface area (Å²) in [7, 11) is 4.96. The minimum Gasteiger partial charge on any atom is -0.497 e. The molecule has 6 heteroatoms. The van der Waals surface area contributed by atoms with Gasteiger partial charge in [0.15, 0.2) is 0 Å². The molecule has 1 aromatic carbocycles. The van der Waals surface area contributed by atoms with E-state index < -0.39 is 0 Å². The molecule has 0 saturated carbocycles. The zero-order valence-corrected chi connectivity index (χ0v) is 11.3. The molecule has 2 rings (SSSR count). The predicted molar refractivity (Wildman–Crippen MR) is 71.1 cm³/mol. The number of ether oxygens (including phenoxy) is 1. The lowest BCUT2D eigenvalue weighted by atomic mass is 10.3. The van der Waals surface area contributed by atoms with Gasteiger partial charge in [-0.3, -0.25) is 14.6 Å². The molecule has 1 saturated heterocycles. The van der Waals surface area contributed by atoms with Gasteiger partial charge in [0.2, 0.25) is 5.91 Å². The van der Waals surface area contributed by atoms with Crippen LogP contribution in [0.15, 0.2) is 24.3 Å². The van der Waals surface area contributed by atoms with Crippen molar-refractivity contribution in [3.63, 3.8) is 0 Å². The quantitative estimate of drug-likeness (QED) is 0.799. The number of rotatable bonds is 2. The summed E-state index contributed by atoms with van der Waals surface area (Å²) in [6.07, 6.45) is 0. The summed E-state index contributed by atoms with van der Waals surface area (Å²) < 4.78 is 5.07. The minimum atomic E-state index is -0.192. The van der Waals surface area contributed by atoms with E-state index in [1.807, 2.05) is 0 Å². The molecule has 1 aromatic rings. The average molecular weight is 263 g/mol. The molecule has 0 unspecified atom stereocenters. The Kier molecular flexibility index (Phi) is 3.59. The normalized spacial score (nSPS) is 14.8. The number of carbonyl (C=O) groups excluding carboxylic acids is 2. The van der Waals surface area contributed by atoms with E-state index >= 15 is 0 Å². The Balaban J connectivity index is 2.08. The van der Waals surface area contributed by atoms with Crippen molar-refractivity contribution in [2.45, 2.75) is 0 Å². The smallest absolute Gasteiger partial charge is 0.326 e. The molecule has 102 valence electrons. The van der Waals surface area contributed by atoms with Crippen molar-refractivity contribution in [2.75, 3.05) is 39.3 Å². The van der Waals surface area contributed by atoms with Crippen molar-refractivity contribution in [2.24, 2.45) is 0 Å². The first kappa shape index (κ1) is 13.2. The number of hydrogen-bond donors (Lipinski definition) is 0. The molecule has 1 heterocycles. The number of anilines is 1. The van der Waals surface area contributed by atoms with Crippen LogP contribution in [-0.2, 0) is 4.79 Å². The van der Waals surface area contributed by atoms with Crippen LogP contribution in [0.3, 0.4) is 0 Å². The Bertz CT molecular complexity index is 486. The molecule has 0 aromatic heterocycles. The molecule has 0 bridgehead atoms. The number of amides is 3. The molecule has 1 fully saturated rings. The monoisotopic (exact) mass is 263 g/mol. The average Bonchev–Trinajstić information content (AvgIpc) is 2.77. The Morgan fingerprint density at radius 1 is 1.32 bits per heavy atom. The van der Waals surface area contributed by atoms with Gasteiger partial charge in [0.05, 0.1) is 13.8 Å². The number of nitrogens with zero attached hydrogens (tertiary/aromatic N) is 3. The van der Waals surface area contributed by atoms with Crippen LogP contribution in [0.1, 0.15) is 0 Å². The second-order valence-electron chi connectivity index (χ2n) is 4.47. The molecule has 0 spiro atoms. The predicted octanol–water partition coefficient (Wildman–Crippen LogP) is 0.983. The molecule has 0 N–H and O–H groups in total. The molecule has 1 aliphatic heterocycles. The summed E-state index contributed by atoms with van der Waals surface area (Å²) in [5.41, 5.74) is 0.757. The van der Waals surface area contributed by atoms with E-state index in [4.69, 9.17) is 4.74 Å². The zero-order chi connectivity index (χ0) is 14.0.